The van der Waals surface area contributed by atoms with Crippen LogP contribution >= 0.6 is 0 Å². The lowest BCUT2D eigenvalue weighted by atomic mass is 10.2. The monoisotopic (exact) mass is 413 g/mol. The van der Waals surface area contributed by atoms with Crippen LogP contribution in [-0.2, 0) is 4.74 Å². The van der Waals surface area contributed by atoms with E-state index in [9.17, 15) is 18.0 Å². The van der Waals surface area contributed by atoms with E-state index in [1.54, 1.807) is 33.0 Å². The van der Waals surface area contributed by atoms with Gasteiger partial charge in [-0.15, -0.1) is 5.10 Å². The molecule has 29 heavy (non-hydrogen) atoms. The molecule has 2 aromatic heterocycles. The third kappa shape index (κ3) is 5.74. The second-order valence-corrected chi connectivity index (χ2v) is 8.23. The van der Waals surface area contributed by atoms with Crippen LogP contribution in [0.15, 0.2) is 18.5 Å². The van der Waals surface area contributed by atoms with Crippen LogP contribution in [-0.4, -0.2) is 45.1 Å². The second kappa shape index (κ2) is 8.08. The molecule has 0 spiro atoms. The van der Waals surface area contributed by atoms with Crippen LogP contribution in [0.1, 0.15) is 52.9 Å². The van der Waals surface area contributed by atoms with Crippen LogP contribution < -0.4 is 10.2 Å². The number of rotatable bonds is 5. The number of nitrogens with zero attached hydrogens (tertiary/aromatic N) is 4. The topological polar surface area (TPSA) is 71.8 Å². The predicted molar refractivity (Wildman–Crippen MR) is 103 cm³/mol. The number of fused-ring (bicyclic) bond motifs is 1. The van der Waals surface area contributed by atoms with Gasteiger partial charge in [-0.05, 0) is 33.6 Å². The van der Waals surface area contributed by atoms with E-state index >= 15 is 0 Å². The largest absolute Gasteiger partial charge is 0.443 e. The lowest BCUT2D eigenvalue weighted by Gasteiger charge is -2.28. The van der Waals surface area contributed by atoms with E-state index in [0.717, 1.165) is 30.6 Å². The Morgan fingerprint density at radius 3 is 2.62 bits per heavy atom. The van der Waals surface area contributed by atoms with Gasteiger partial charge in [0.15, 0.2) is 5.65 Å². The molecular weight excluding hydrogens is 387 g/mol. The summed E-state index contributed by atoms with van der Waals surface area (Å²) in [6.45, 7) is 4.42. The third-order valence-electron chi connectivity index (χ3n) is 4.57. The van der Waals surface area contributed by atoms with E-state index in [2.05, 4.69) is 15.4 Å². The highest BCUT2D eigenvalue weighted by atomic mass is 19.4. The van der Waals surface area contributed by atoms with Crippen molar-refractivity contribution in [2.75, 3.05) is 16.8 Å². The van der Waals surface area contributed by atoms with Crippen molar-refractivity contribution < 1.29 is 22.7 Å². The standard InChI is InChI=1S/C19H26F3N5O2/c1-18(2,3)29-17(28)26(10-8-19(20,21)22)14-12-15(24-13-6-4-5-7-13)25-27-11-9-23-16(14)27/h9,11-13H,4-8,10H2,1-3H3,(H,24,25). The van der Waals surface area contributed by atoms with E-state index in [1.165, 1.54) is 10.7 Å². The number of carbonyl (C=O) groups is 1. The molecule has 1 fully saturated rings. The molecule has 1 N–H and O–H groups in total. The van der Waals surface area contributed by atoms with E-state index in [0.29, 0.717) is 5.82 Å². The first-order chi connectivity index (χ1) is 13.5. The zero-order valence-corrected chi connectivity index (χ0v) is 16.8. The zero-order valence-electron chi connectivity index (χ0n) is 16.8. The van der Waals surface area contributed by atoms with Gasteiger partial charge in [0.05, 0.1) is 12.1 Å². The Hall–Kier alpha value is -2.52. The van der Waals surface area contributed by atoms with Gasteiger partial charge in [0.2, 0.25) is 0 Å². The van der Waals surface area contributed by atoms with E-state index in [-0.39, 0.29) is 17.4 Å². The molecule has 0 aliphatic heterocycles. The van der Waals surface area contributed by atoms with Gasteiger partial charge >= 0.3 is 12.3 Å². The van der Waals surface area contributed by atoms with Gasteiger partial charge in [-0.25, -0.2) is 14.3 Å². The van der Waals surface area contributed by atoms with Crippen LogP contribution in [0.25, 0.3) is 5.65 Å². The lowest BCUT2D eigenvalue weighted by molar-refractivity contribution is -0.132. The normalized spacial score (nSPS) is 15.7. The maximum Gasteiger partial charge on any atom is 0.414 e. The number of carbonyl (C=O) groups excluding carboxylic acids is 1. The van der Waals surface area contributed by atoms with Gasteiger partial charge in [0, 0.05) is 31.0 Å². The molecule has 1 aliphatic rings. The molecule has 2 heterocycles. The summed E-state index contributed by atoms with van der Waals surface area (Å²) in [5.74, 6) is 0.484. The van der Waals surface area contributed by atoms with Crippen LogP contribution in [0.5, 0.6) is 0 Å². The quantitative estimate of drug-likeness (QED) is 0.764. The van der Waals surface area contributed by atoms with Gasteiger partial charge in [-0.2, -0.15) is 13.2 Å². The van der Waals surface area contributed by atoms with Crippen molar-refractivity contribution in [2.24, 2.45) is 0 Å². The molecule has 10 heteroatoms. The Morgan fingerprint density at radius 2 is 2.00 bits per heavy atom. The molecule has 0 unspecified atom stereocenters. The van der Waals surface area contributed by atoms with Gasteiger partial charge in [-0.1, -0.05) is 12.8 Å². The first kappa shape index (κ1) is 21.2. The number of ether oxygens (including phenoxy) is 1. The van der Waals surface area contributed by atoms with Crippen LogP contribution in [0.4, 0.5) is 29.5 Å². The molecule has 2 aromatic rings. The maximum absolute atomic E-state index is 12.9. The van der Waals surface area contributed by atoms with Crippen molar-refractivity contribution in [3.05, 3.63) is 18.5 Å². The van der Waals surface area contributed by atoms with E-state index in [1.807, 2.05) is 0 Å². The van der Waals surface area contributed by atoms with Crippen molar-refractivity contribution in [3.8, 4) is 0 Å². The van der Waals surface area contributed by atoms with Gasteiger partial charge < -0.3 is 10.1 Å². The molecule has 0 aromatic carbocycles. The molecule has 3 rings (SSSR count). The smallest absolute Gasteiger partial charge is 0.414 e. The SMILES string of the molecule is CC(C)(C)OC(=O)N(CCC(F)(F)F)c1cc(NC2CCCC2)nn2ccnc12. The van der Waals surface area contributed by atoms with Crippen molar-refractivity contribution in [1.82, 2.24) is 14.6 Å². The highest BCUT2D eigenvalue weighted by Crippen LogP contribution is 2.29. The first-order valence-electron chi connectivity index (χ1n) is 9.70. The zero-order chi connectivity index (χ0) is 21.2. The van der Waals surface area contributed by atoms with Crippen LogP contribution in [0, 0.1) is 0 Å². The summed E-state index contributed by atoms with van der Waals surface area (Å²) in [5, 5.41) is 7.74. The summed E-state index contributed by atoms with van der Waals surface area (Å²) < 4.78 is 45.6. The highest BCUT2D eigenvalue weighted by Gasteiger charge is 2.33. The van der Waals surface area contributed by atoms with Crippen molar-refractivity contribution in [1.29, 1.82) is 0 Å². The summed E-state index contributed by atoms with van der Waals surface area (Å²) >= 11 is 0. The number of alkyl halides is 3. The summed E-state index contributed by atoms with van der Waals surface area (Å²) in [6.07, 6.45) is 0.894. The molecule has 0 radical (unpaired) electrons. The minimum absolute atomic E-state index is 0.226. The fourth-order valence-corrected chi connectivity index (χ4v) is 3.31. The molecule has 160 valence electrons. The predicted octanol–water partition coefficient (Wildman–Crippen LogP) is 4.78. The summed E-state index contributed by atoms with van der Waals surface area (Å²) in [4.78, 5) is 17.9. The van der Waals surface area contributed by atoms with Crippen molar-refractivity contribution >= 4 is 23.2 Å². The fourth-order valence-electron chi connectivity index (χ4n) is 3.31. The van der Waals surface area contributed by atoms with Gasteiger partial charge in [-0.3, -0.25) is 4.90 Å². The average molecular weight is 413 g/mol. The molecule has 1 saturated carbocycles. The second-order valence-electron chi connectivity index (χ2n) is 8.23. The van der Waals surface area contributed by atoms with E-state index in [4.69, 9.17) is 4.74 Å². The number of halogens is 3. The third-order valence-corrected chi connectivity index (χ3v) is 4.57. The molecule has 0 saturated heterocycles. The summed E-state index contributed by atoms with van der Waals surface area (Å²) in [5.41, 5.74) is -0.337. The lowest BCUT2D eigenvalue weighted by Crippen LogP contribution is -2.39. The Morgan fingerprint density at radius 1 is 1.31 bits per heavy atom. The molecule has 1 amide bonds. The molecule has 0 bridgehead atoms. The maximum atomic E-state index is 12.9. The Kier molecular flexibility index (Phi) is 5.90. The number of nitrogens with one attached hydrogen (secondary N) is 1. The van der Waals surface area contributed by atoms with Crippen molar-refractivity contribution in [3.63, 3.8) is 0 Å². The van der Waals surface area contributed by atoms with Gasteiger partial charge in [0.1, 0.15) is 11.4 Å². The Balaban J connectivity index is 1.97. The average Bonchev–Trinajstić information content (AvgIpc) is 3.23. The molecule has 7 nitrogen and oxygen atoms in total. The number of aromatic nitrogens is 3. The number of imidazole rings is 1. The Bertz CT molecular complexity index is 854. The van der Waals surface area contributed by atoms with Crippen LogP contribution in [0.2, 0.25) is 0 Å². The number of hydrogen-bond donors (Lipinski definition) is 1. The highest BCUT2D eigenvalue weighted by molar-refractivity contribution is 5.93. The number of anilines is 2. The minimum Gasteiger partial charge on any atom is -0.443 e. The van der Waals surface area contributed by atoms with E-state index < -0.39 is 30.8 Å². The molecule has 0 atom stereocenters. The first-order valence-corrected chi connectivity index (χ1v) is 9.70. The fraction of sp³-hybridized carbons (Fsp3) is 0.632. The Labute approximate surface area is 167 Å². The van der Waals surface area contributed by atoms with Crippen LogP contribution in [0.3, 0.4) is 0 Å². The van der Waals surface area contributed by atoms with Gasteiger partial charge in [0.25, 0.3) is 0 Å². The molecular formula is C19H26F3N5O2. The number of hydrogen-bond acceptors (Lipinski definition) is 5. The minimum atomic E-state index is -4.41. The number of amides is 1. The summed E-state index contributed by atoms with van der Waals surface area (Å²) in [6, 6.07) is 1.82. The van der Waals surface area contributed by atoms with Crippen molar-refractivity contribution in [2.45, 2.75) is 70.7 Å². The summed E-state index contributed by atoms with van der Waals surface area (Å²) in [7, 11) is 0. The molecule has 1 aliphatic carbocycles.